The summed E-state index contributed by atoms with van der Waals surface area (Å²) in [5.41, 5.74) is 6.09. The Bertz CT molecular complexity index is 471. The van der Waals surface area contributed by atoms with Gasteiger partial charge in [-0.05, 0) is 38.0 Å². The Kier molecular flexibility index (Phi) is 3.17. The molecule has 0 radical (unpaired) electrons. The SMILES string of the molecule is CC1(O)CCCN(c2ccc(N)cc2C(=O)O)C1. The fraction of sp³-hybridized carbons (Fsp3) is 0.462. The molecule has 0 spiro atoms. The Labute approximate surface area is 106 Å². The van der Waals surface area contributed by atoms with Crippen LogP contribution in [0.1, 0.15) is 30.1 Å². The molecular weight excluding hydrogens is 232 g/mol. The third-order valence-corrected chi connectivity index (χ3v) is 3.27. The van der Waals surface area contributed by atoms with Gasteiger partial charge in [-0.25, -0.2) is 4.79 Å². The van der Waals surface area contributed by atoms with Gasteiger partial charge >= 0.3 is 5.97 Å². The molecule has 1 saturated heterocycles. The van der Waals surface area contributed by atoms with Gasteiger partial charge in [0.15, 0.2) is 0 Å². The first-order chi connectivity index (χ1) is 8.39. The Balaban J connectivity index is 2.35. The van der Waals surface area contributed by atoms with E-state index in [4.69, 9.17) is 5.73 Å². The van der Waals surface area contributed by atoms with E-state index in [0.29, 0.717) is 17.9 Å². The summed E-state index contributed by atoms with van der Waals surface area (Å²) in [6.45, 7) is 2.97. The molecule has 5 nitrogen and oxygen atoms in total. The van der Waals surface area contributed by atoms with Crippen LogP contribution < -0.4 is 10.6 Å². The molecule has 4 N–H and O–H groups in total. The van der Waals surface area contributed by atoms with E-state index < -0.39 is 11.6 Å². The van der Waals surface area contributed by atoms with Crippen molar-refractivity contribution in [2.24, 2.45) is 0 Å². The first kappa shape index (κ1) is 12.7. The third kappa shape index (κ3) is 2.56. The maximum atomic E-state index is 11.2. The number of carboxylic acids is 1. The number of hydrogen-bond acceptors (Lipinski definition) is 4. The number of carbonyl (C=O) groups is 1. The van der Waals surface area contributed by atoms with Gasteiger partial charge in [0.1, 0.15) is 0 Å². The van der Waals surface area contributed by atoms with Crippen molar-refractivity contribution in [2.75, 3.05) is 23.7 Å². The monoisotopic (exact) mass is 250 g/mol. The lowest BCUT2D eigenvalue weighted by Gasteiger charge is -2.38. The smallest absolute Gasteiger partial charge is 0.337 e. The molecule has 0 saturated carbocycles. The average Bonchev–Trinajstić information content (AvgIpc) is 2.27. The van der Waals surface area contributed by atoms with Crippen molar-refractivity contribution in [3.8, 4) is 0 Å². The Hall–Kier alpha value is -1.75. The number of β-amino-alcohol motifs (C(OH)–C–C–N with tert-alkyl or cyclic N) is 1. The van der Waals surface area contributed by atoms with Gasteiger partial charge in [0.25, 0.3) is 0 Å². The third-order valence-electron chi connectivity index (χ3n) is 3.27. The zero-order valence-electron chi connectivity index (χ0n) is 10.4. The highest BCUT2D eigenvalue weighted by Crippen LogP contribution is 2.29. The highest BCUT2D eigenvalue weighted by Gasteiger charge is 2.30. The number of anilines is 2. The second-order valence-electron chi connectivity index (χ2n) is 5.10. The molecule has 1 aromatic rings. The van der Waals surface area contributed by atoms with Gasteiger partial charge in [0.05, 0.1) is 16.9 Å². The molecule has 1 atom stereocenters. The fourth-order valence-corrected chi connectivity index (χ4v) is 2.43. The van der Waals surface area contributed by atoms with Gasteiger partial charge < -0.3 is 20.8 Å². The first-order valence-corrected chi connectivity index (χ1v) is 5.99. The minimum absolute atomic E-state index is 0.188. The van der Waals surface area contributed by atoms with E-state index in [1.54, 1.807) is 19.1 Å². The van der Waals surface area contributed by atoms with E-state index in [9.17, 15) is 15.0 Å². The zero-order valence-corrected chi connectivity index (χ0v) is 10.4. The number of nitrogens with two attached hydrogens (primary N) is 1. The van der Waals surface area contributed by atoms with Gasteiger partial charge in [0.2, 0.25) is 0 Å². The summed E-state index contributed by atoms with van der Waals surface area (Å²) in [6, 6.07) is 4.85. The molecule has 1 aliphatic heterocycles. The number of benzene rings is 1. The molecule has 2 rings (SSSR count). The molecule has 5 heteroatoms. The molecule has 1 aromatic carbocycles. The van der Waals surface area contributed by atoms with Crippen LogP contribution in [0.3, 0.4) is 0 Å². The number of rotatable bonds is 2. The van der Waals surface area contributed by atoms with E-state index in [1.807, 2.05) is 4.90 Å². The minimum Gasteiger partial charge on any atom is -0.478 e. The highest BCUT2D eigenvalue weighted by atomic mass is 16.4. The van der Waals surface area contributed by atoms with Gasteiger partial charge in [-0.3, -0.25) is 0 Å². The van der Waals surface area contributed by atoms with E-state index in [1.165, 1.54) is 6.07 Å². The van der Waals surface area contributed by atoms with Crippen molar-refractivity contribution in [3.05, 3.63) is 23.8 Å². The quantitative estimate of drug-likeness (QED) is 0.689. The molecule has 18 heavy (non-hydrogen) atoms. The summed E-state index contributed by atoms with van der Waals surface area (Å²) in [5.74, 6) is -0.998. The summed E-state index contributed by atoms with van der Waals surface area (Å²) in [4.78, 5) is 13.1. The van der Waals surface area contributed by atoms with E-state index in [0.717, 1.165) is 19.4 Å². The fourth-order valence-electron chi connectivity index (χ4n) is 2.43. The number of nitrogens with zero attached hydrogens (tertiary/aromatic N) is 1. The predicted octanol–water partition coefficient (Wildman–Crippen LogP) is 1.32. The average molecular weight is 250 g/mol. The van der Waals surface area contributed by atoms with Crippen LogP contribution in [0, 0.1) is 0 Å². The van der Waals surface area contributed by atoms with Gasteiger partial charge in [0, 0.05) is 18.8 Å². The largest absolute Gasteiger partial charge is 0.478 e. The number of aliphatic hydroxyl groups is 1. The molecule has 0 bridgehead atoms. The zero-order chi connectivity index (χ0) is 13.3. The normalized spacial score (nSPS) is 24.0. The number of piperidine rings is 1. The maximum Gasteiger partial charge on any atom is 0.337 e. The summed E-state index contributed by atoms with van der Waals surface area (Å²) >= 11 is 0. The van der Waals surface area contributed by atoms with Crippen LogP contribution in [0.25, 0.3) is 0 Å². The molecule has 1 heterocycles. The van der Waals surface area contributed by atoms with Crippen LogP contribution in [0.15, 0.2) is 18.2 Å². The van der Waals surface area contributed by atoms with Crippen LogP contribution in [-0.4, -0.2) is 34.9 Å². The van der Waals surface area contributed by atoms with Gasteiger partial charge in [-0.2, -0.15) is 0 Å². The molecule has 0 aliphatic carbocycles. The lowest BCUT2D eigenvalue weighted by molar-refractivity contribution is 0.0446. The van der Waals surface area contributed by atoms with Gasteiger partial charge in [-0.1, -0.05) is 0 Å². The standard InChI is InChI=1S/C13H18N2O3/c1-13(18)5-2-6-15(8-13)11-4-3-9(14)7-10(11)12(16)17/h3-4,7,18H,2,5-6,8,14H2,1H3,(H,16,17). The summed E-state index contributed by atoms with van der Waals surface area (Å²) in [5, 5.41) is 19.3. The van der Waals surface area contributed by atoms with E-state index >= 15 is 0 Å². The van der Waals surface area contributed by atoms with Crippen molar-refractivity contribution in [1.82, 2.24) is 0 Å². The molecule has 0 amide bonds. The minimum atomic E-state index is -0.998. The van der Waals surface area contributed by atoms with Crippen molar-refractivity contribution in [3.63, 3.8) is 0 Å². The molecule has 1 fully saturated rings. The number of nitrogen functional groups attached to an aromatic ring is 1. The predicted molar refractivity (Wildman–Crippen MR) is 69.9 cm³/mol. The van der Waals surface area contributed by atoms with Crippen LogP contribution in [0.4, 0.5) is 11.4 Å². The van der Waals surface area contributed by atoms with Crippen LogP contribution in [0.2, 0.25) is 0 Å². The van der Waals surface area contributed by atoms with E-state index in [2.05, 4.69) is 0 Å². The first-order valence-electron chi connectivity index (χ1n) is 5.99. The second kappa shape index (κ2) is 4.49. The molecule has 98 valence electrons. The Morgan fingerprint density at radius 3 is 2.83 bits per heavy atom. The molecular formula is C13H18N2O3. The van der Waals surface area contributed by atoms with Crippen LogP contribution >= 0.6 is 0 Å². The topological polar surface area (TPSA) is 86.8 Å². The van der Waals surface area contributed by atoms with Crippen LogP contribution in [-0.2, 0) is 0 Å². The molecule has 1 unspecified atom stereocenters. The van der Waals surface area contributed by atoms with Crippen LogP contribution in [0.5, 0.6) is 0 Å². The lowest BCUT2D eigenvalue weighted by Crippen LogP contribution is -2.46. The maximum absolute atomic E-state index is 11.2. The van der Waals surface area contributed by atoms with Crippen molar-refractivity contribution in [1.29, 1.82) is 0 Å². The Morgan fingerprint density at radius 2 is 2.22 bits per heavy atom. The van der Waals surface area contributed by atoms with Gasteiger partial charge in [-0.15, -0.1) is 0 Å². The number of carboxylic acid groups (broad SMARTS) is 1. The van der Waals surface area contributed by atoms with Crippen molar-refractivity contribution < 1.29 is 15.0 Å². The van der Waals surface area contributed by atoms with Crippen molar-refractivity contribution in [2.45, 2.75) is 25.4 Å². The highest BCUT2D eigenvalue weighted by molar-refractivity contribution is 5.95. The van der Waals surface area contributed by atoms with E-state index in [-0.39, 0.29) is 5.56 Å². The number of hydrogen-bond donors (Lipinski definition) is 3. The second-order valence-corrected chi connectivity index (χ2v) is 5.10. The lowest BCUT2D eigenvalue weighted by atomic mass is 9.94. The molecule has 1 aliphatic rings. The summed E-state index contributed by atoms with van der Waals surface area (Å²) in [7, 11) is 0. The summed E-state index contributed by atoms with van der Waals surface area (Å²) in [6.07, 6.45) is 1.58. The molecule has 0 aromatic heterocycles. The Morgan fingerprint density at radius 1 is 1.50 bits per heavy atom. The number of aromatic carboxylic acids is 1. The van der Waals surface area contributed by atoms with Crippen molar-refractivity contribution >= 4 is 17.3 Å². The summed E-state index contributed by atoms with van der Waals surface area (Å²) < 4.78 is 0.